The van der Waals surface area contributed by atoms with Crippen LogP contribution in [0.15, 0.2) is 48.5 Å². The van der Waals surface area contributed by atoms with Gasteiger partial charge in [-0.05, 0) is 62.7 Å². The number of hydrogen-bond acceptors (Lipinski definition) is 5. The van der Waals surface area contributed by atoms with Crippen LogP contribution < -0.4 is 19.1 Å². The molecule has 0 radical (unpaired) electrons. The monoisotopic (exact) mass is 420 g/mol. The van der Waals surface area contributed by atoms with Crippen LogP contribution in [0, 0.1) is 0 Å². The molecule has 1 N–H and O–H groups in total. The number of carbonyl (C=O) groups is 1. The first kappa shape index (κ1) is 22.5. The van der Waals surface area contributed by atoms with Gasteiger partial charge < -0.3 is 14.8 Å². The summed E-state index contributed by atoms with van der Waals surface area (Å²) in [4.78, 5) is 12.8. The van der Waals surface area contributed by atoms with Crippen molar-refractivity contribution >= 4 is 21.6 Å². The summed E-state index contributed by atoms with van der Waals surface area (Å²) < 4.78 is 36.4. The van der Waals surface area contributed by atoms with E-state index < -0.39 is 22.0 Å². The van der Waals surface area contributed by atoms with Crippen LogP contribution >= 0.6 is 0 Å². The maximum Gasteiger partial charge on any atom is 0.244 e. The number of benzene rings is 2. The summed E-state index contributed by atoms with van der Waals surface area (Å²) in [7, 11) is -2.15. The van der Waals surface area contributed by atoms with E-state index in [1.165, 1.54) is 7.11 Å². The van der Waals surface area contributed by atoms with Crippen molar-refractivity contribution in [1.29, 1.82) is 0 Å². The fourth-order valence-electron chi connectivity index (χ4n) is 2.97. The third-order valence-corrected chi connectivity index (χ3v) is 5.71. The molecular formula is C21H28N2O5S. The summed E-state index contributed by atoms with van der Waals surface area (Å²) in [5, 5.41) is 2.88. The lowest BCUT2D eigenvalue weighted by atomic mass is 10.1. The molecule has 0 bridgehead atoms. The van der Waals surface area contributed by atoms with Crippen LogP contribution in [0.25, 0.3) is 0 Å². The Kier molecular flexibility index (Phi) is 7.50. The highest BCUT2D eigenvalue weighted by molar-refractivity contribution is 7.92. The first-order valence-electron chi connectivity index (χ1n) is 9.34. The number of anilines is 1. The minimum absolute atomic E-state index is 0.294. The second-order valence-corrected chi connectivity index (χ2v) is 8.52. The number of methoxy groups -OCH3 is 1. The molecule has 0 aliphatic heterocycles. The zero-order valence-electron chi connectivity index (χ0n) is 17.4. The van der Waals surface area contributed by atoms with Crippen LogP contribution in [-0.4, -0.2) is 40.3 Å². The molecular weight excluding hydrogens is 392 g/mol. The lowest BCUT2D eigenvalue weighted by Crippen LogP contribution is -2.48. The van der Waals surface area contributed by atoms with Crippen LogP contribution in [0.3, 0.4) is 0 Å². The van der Waals surface area contributed by atoms with Gasteiger partial charge in [0.1, 0.15) is 17.5 Å². The van der Waals surface area contributed by atoms with Crippen LogP contribution in [0.5, 0.6) is 11.5 Å². The molecule has 2 rings (SSSR count). The fraction of sp³-hybridized carbons (Fsp3) is 0.381. The number of ether oxygens (including phenoxy) is 2. The molecule has 1 amide bonds. The molecule has 0 aromatic heterocycles. The molecule has 29 heavy (non-hydrogen) atoms. The van der Waals surface area contributed by atoms with Gasteiger partial charge in [-0.1, -0.05) is 12.1 Å². The van der Waals surface area contributed by atoms with E-state index in [9.17, 15) is 13.2 Å². The lowest BCUT2D eigenvalue weighted by molar-refractivity contribution is -0.122. The molecule has 158 valence electrons. The topological polar surface area (TPSA) is 84.9 Å². The van der Waals surface area contributed by atoms with E-state index in [-0.39, 0.29) is 6.04 Å². The predicted molar refractivity (Wildman–Crippen MR) is 114 cm³/mol. The Labute approximate surface area is 172 Å². The molecule has 0 saturated carbocycles. The van der Waals surface area contributed by atoms with Crippen LogP contribution in [0.2, 0.25) is 0 Å². The Morgan fingerprint density at radius 1 is 1.03 bits per heavy atom. The zero-order chi connectivity index (χ0) is 21.6. The predicted octanol–water partition coefficient (Wildman–Crippen LogP) is 3.13. The number of nitrogens with one attached hydrogen (secondary N) is 1. The maximum atomic E-state index is 12.8. The summed E-state index contributed by atoms with van der Waals surface area (Å²) in [5.41, 5.74) is 1.29. The first-order chi connectivity index (χ1) is 13.7. The average molecular weight is 421 g/mol. The standard InChI is InChI=1S/C21H28N2O5S/c1-6-28-20-11-7-17(8-12-20)15(2)22-21(24)16(3)23(29(5,25)26)18-9-13-19(27-4)14-10-18/h7-16H,6H2,1-5H3,(H,22,24)/t15-,16+/m0/s1. The zero-order valence-corrected chi connectivity index (χ0v) is 18.2. The third kappa shape index (κ3) is 5.87. The molecule has 0 aliphatic rings. The molecule has 2 aromatic rings. The highest BCUT2D eigenvalue weighted by atomic mass is 32.2. The minimum atomic E-state index is -3.68. The molecule has 0 spiro atoms. The first-order valence-corrected chi connectivity index (χ1v) is 11.2. The van der Waals surface area contributed by atoms with E-state index in [1.807, 2.05) is 38.1 Å². The van der Waals surface area contributed by atoms with E-state index in [2.05, 4.69) is 5.32 Å². The summed E-state index contributed by atoms with van der Waals surface area (Å²) >= 11 is 0. The van der Waals surface area contributed by atoms with E-state index in [1.54, 1.807) is 31.2 Å². The normalized spacial score (nSPS) is 13.3. The van der Waals surface area contributed by atoms with Crippen molar-refractivity contribution in [2.24, 2.45) is 0 Å². The fourth-order valence-corrected chi connectivity index (χ4v) is 4.15. The van der Waals surface area contributed by atoms with Crippen LogP contribution in [0.4, 0.5) is 5.69 Å². The Hall–Kier alpha value is -2.74. The summed E-state index contributed by atoms with van der Waals surface area (Å²) in [6, 6.07) is 12.7. The van der Waals surface area contributed by atoms with Gasteiger partial charge in [-0.3, -0.25) is 9.10 Å². The molecule has 2 aromatic carbocycles. The molecule has 8 heteroatoms. The molecule has 0 aliphatic carbocycles. The smallest absolute Gasteiger partial charge is 0.244 e. The third-order valence-electron chi connectivity index (χ3n) is 4.47. The van der Waals surface area contributed by atoms with Crippen molar-refractivity contribution < 1.29 is 22.7 Å². The lowest BCUT2D eigenvalue weighted by Gasteiger charge is -2.29. The van der Waals surface area contributed by atoms with Crippen molar-refractivity contribution in [3.05, 3.63) is 54.1 Å². The van der Waals surface area contributed by atoms with Gasteiger partial charge in [-0.25, -0.2) is 8.42 Å². The number of carbonyl (C=O) groups excluding carboxylic acids is 1. The number of nitrogens with zero attached hydrogens (tertiary/aromatic N) is 1. The van der Waals surface area contributed by atoms with E-state index in [4.69, 9.17) is 9.47 Å². The second kappa shape index (κ2) is 9.65. The molecule has 0 heterocycles. The van der Waals surface area contributed by atoms with E-state index in [0.29, 0.717) is 18.0 Å². The maximum absolute atomic E-state index is 12.8. The van der Waals surface area contributed by atoms with Gasteiger partial charge in [0.25, 0.3) is 0 Å². The van der Waals surface area contributed by atoms with Crippen molar-refractivity contribution in [2.75, 3.05) is 24.3 Å². The SMILES string of the molecule is CCOc1ccc([C@H](C)NC(=O)[C@@H](C)N(c2ccc(OC)cc2)S(C)(=O)=O)cc1. The Morgan fingerprint density at radius 3 is 2.07 bits per heavy atom. The van der Waals surface area contributed by atoms with Gasteiger partial charge in [0.05, 0.1) is 31.7 Å². The van der Waals surface area contributed by atoms with Crippen LogP contribution in [-0.2, 0) is 14.8 Å². The number of amides is 1. The largest absolute Gasteiger partial charge is 0.497 e. The van der Waals surface area contributed by atoms with E-state index >= 15 is 0 Å². The van der Waals surface area contributed by atoms with E-state index in [0.717, 1.165) is 21.9 Å². The second-order valence-electron chi connectivity index (χ2n) is 6.67. The molecule has 0 saturated heterocycles. The molecule has 2 atom stereocenters. The van der Waals surface area contributed by atoms with Crippen molar-refractivity contribution in [2.45, 2.75) is 32.9 Å². The van der Waals surface area contributed by atoms with Gasteiger partial charge >= 0.3 is 0 Å². The molecule has 7 nitrogen and oxygen atoms in total. The summed E-state index contributed by atoms with van der Waals surface area (Å²) in [5.74, 6) is 0.960. The van der Waals surface area contributed by atoms with Crippen molar-refractivity contribution in [3.8, 4) is 11.5 Å². The van der Waals surface area contributed by atoms with Crippen LogP contribution in [0.1, 0.15) is 32.4 Å². The summed E-state index contributed by atoms with van der Waals surface area (Å²) in [6.07, 6.45) is 1.08. The summed E-state index contributed by atoms with van der Waals surface area (Å²) in [6.45, 7) is 5.90. The van der Waals surface area contributed by atoms with Gasteiger partial charge in [0.15, 0.2) is 0 Å². The Balaban J connectivity index is 2.17. The Morgan fingerprint density at radius 2 is 1.59 bits per heavy atom. The van der Waals surface area contributed by atoms with Gasteiger partial charge in [-0.15, -0.1) is 0 Å². The number of hydrogen-bond donors (Lipinski definition) is 1. The highest BCUT2D eigenvalue weighted by Crippen LogP contribution is 2.24. The number of rotatable bonds is 9. The molecule has 0 fully saturated rings. The van der Waals surface area contributed by atoms with Gasteiger partial charge in [0, 0.05) is 0 Å². The average Bonchev–Trinajstić information content (AvgIpc) is 2.68. The van der Waals surface area contributed by atoms with Crippen molar-refractivity contribution in [1.82, 2.24) is 5.32 Å². The minimum Gasteiger partial charge on any atom is -0.497 e. The number of sulfonamides is 1. The van der Waals surface area contributed by atoms with Crippen molar-refractivity contribution in [3.63, 3.8) is 0 Å². The van der Waals surface area contributed by atoms with Gasteiger partial charge in [-0.2, -0.15) is 0 Å². The molecule has 0 unspecified atom stereocenters. The van der Waals surface area contributed by atoms with Gasteiger partial charge in [0.2, 0.25) is 15.9 Å². The quantitative estimate of drug-likeness (QED) is 0.674. The highest BCUT2D eigenvalue weighted by Gasteiger charge is 2.29. The Bertz CT molecular complexity index is 911.